The molecular weight excluding hydrogens is 420 g/mol. The molecule has 0 aromatic carbocycles. The van der Waals surface area contributed by atoms with E-state index in [4.69, 9.17) is 15.1 Å². The summed E-state index contributed by atoms with van der Waals surface area (Å²) in [4.78, 5) is 28.9. The van der Waals surface area contributed by atoms with Gasteiger partial charge in [-0.05, 0) is 63.6 Å². The lowest BCUT2D eigenvalue weighted by molar-refractivity contribution is 0.102. The molecule has 8 heteroatoms. The third-order valence-corrected chi connectivity index (χ3v) is 7.33. The lowest BCUT2D eigenvalue weighted by Crippen LogP contribution is -2.14. The van der Waals surface area contributed by atoms with Crippen LogP contribution in [-0.2, 0) is 12.8 Å². The first kappa shape index (κ1) is 19.5. The van der Waals surface area contributed by atoms with E-state index in [9.17, 15) is 4.79 Å². The van der Waals surface area contributed by atoms with Crippen LogP contribution in [-0.4, -0.2) is 30.6 Å². The van der Waals surface area contributed by atoms with Crippen molar-refractivity contribution in [2.75, 3.05) is 5.32 Å². The second-order valence-corrected chi connectivity index (χ2v) is 9.74. The minimum atomic E-state index is -0.146. The maximum Gasteiger partial charge on any atom is 0.258 e. The van der Waals surface area contributed by atoms with Gasteiger partial charge in [0.2, 0.25) is 0 Å². The number of hydrogen-bond donors (Lipinski definition) is 1. The Labute approximate surface area is 189 Å². The second kappa shape index (κ2) is 7.78. The molecule has 4 aromatic heterocycles. The van der Waals surface area contributed by atoms with E-state index in [-0.39, 0.29) is 5.91 Å². The van der Waals surface area contributed by atoms with Crippen LogP contribution in [0.5, 0.6) is 0 Å². The Bertz CT molecular complexity index is 1300. The molecule has 2 aliphatic carbocycles. The van der Waals surface area contributed by atoms with Gasteiger partial charge >= 0.3 is 0 Å². The van der Waals surface area contributed by atoms with E-state index in [1.54, 1.807) is 22.2 Å². The quantitative estimate of drug-likeness (QED) is 0.449. The minimum absolute atomic E-state index is 0.146. The molecule has 162 valence electrons. The molecule has 32 heavy (non-hydrogen) atoms. The van der Waals surface area contributed by atoms with Gasteiger partial charge in [-0.25, -0.2) is 15.0 Å². The van der Waals surface area contributed by atoms with E-state index in [2.05, 4.69) is 10.3 Å². The topological polar surface area (TPSA) is 85.6 Å². The normalized spacial score (nSPS) is 16.0. The molecule has 0 atom stereocenters. The maximum absolute atomic E-state index is 13.5. The number of amides is 1. The predicted octanol–water partition coefficient (Wildman–Crippen LogP) is 4.98. The van der Waals surface area contributed by atoms with Gasteiger partial charge in [-0.3, -0.25) is 10.1 Å². The van der Waals surface area contributed by atoms with Gasteiger partial charge in [-0.1, -0.05) is 12.5 Å². The van der Waals surface area contributed by atoms with Crippen molar-refractivity contribution in [1.29, 1.82) is 0 Å². The molecule has 1 saturated carbocycles. The highest BCUT2D eigenvalue weighted by Gasteiger charge is 2.29. The zero-order valence-electron chi connectivity index (χ0n) is 18.0. The summed E-state index contributed by atoms with van der Waals surface area (Å²) in [7, 11) is 0. The first-order valence-corrected chi connectivity index (χ1v) is 12.1. The lowest BCUT2D eigenvalue weighted by Gasteiger charge is -2.08. The zero-order chi connectivity index (χ0) is 21.7. The highest BCUT2D eigenvalue weighted by Crippen LogP contribution is 2.41. The van der Waals surface area contributed by atoms with Gasteiger partial charge in [0.05, 0.1) is 22.3 Å². The third-order valence-electron chi connectivity index (χ3n) is 6.26. The monoisotopic (exact) mass is 444 g/mol. The Kier molecular flexibility index (Phi) is 4.75. The van der Waals surface area contributed by atoms with Crippen LogP contribution < -0.4 is 5.32 Å². The number of carbonyl (C=O) groups is 1. The van der Waals surface area contributed by atoms with Crippen LogP contribution in [0, 0.1) is 6.92 Å². The molecule has 1 fully saturated rings. The van der Waals surface area contributed by atoms with Crippen molar-refractivity contribution in [3.05, 3.63) is 58.0 Å². The number of hydrogen-bond acceptors (Lipinski definition) is 6. The number of rotatable bonds is 4. The number of thiazole rings is 1. The number of carbonyl (C=O) groups excluding carboxylic acids is 1. The second-order valence-electron chi connectivity index (χ2n) is 8.66. The summed E-state index contributed by atoms with van der Waals surface area (Å²) in [6.07, 6.45) is 9.64. The minimum Gasteiger partial charge on any atom is -0.298 e. The first-order valence-electron chi connectivity index (χ1n) is 11.3. The highest BCUT2D eigenvalue weighted by atomic mass is 32.1. The van der Waals surface area contributed by atoms with E-state index in [1.165, 1.54) is 24.1 Å². The van der Waals surface area contributed by atoms with Crippen molar-refractivity contribution in [2.45, 2.75) is 57.8 Å². The number of fused-ring (bicyclic) bond motifs is 2. The predicted molar refractivity (Wildman–Crippen MR) is 125 cm³/mol. The van der Waals surface area contributed by atoms with Crippen molar-refractivity contribution in [3.63, 3.8) is 0 Å². The van der Waals surface area contributed by atoms with Gasteiger partial charge < -0.3 is 0 Å². The Morgan fingerprint density at radius 3 is 2.84 bits per heavy atom. The fraction of sp³-hybridized carbons (Fsp3) is 0.375. The molecule has 0 spiro atoms. The van der Waals surface area contributed by atoms with E-state index in [1.807, 2.05) is 31.2 Å². The molecule has 4 aromatic rings. The smallest absolute Gasteiger partial charge is 0.258 e. The number of nitrogens with one attached hydrogen (secondary N) is 1. The van der Waals surface area contributed by atoms with Crippen molar-refractivity contribution in [1.82, 2.24) is 24.7 Å². The number of aryl methyl sites for hydroxylation is 3. The van der Waals surface area contributed by atoms with Crippen molar-refractivity contribution in [2.24, 2.45) is 0 Å². The molecule has 0 aliphatic heterocycles. The van der Waals surface area contributed by atoms with E-state index in [0.717, 1.165) is 48.2 Å². The Hall–Kier alpha value is -3.13. The summed E-state index contributed by atoms with van der Waals surface area (Å²) < 4.78 is 1.75. The summed E-state index contributed by atoms with van der Waals surface area (Å²) in [5.74, 6) is 0.960. The molecule has 0 radical (unpaired) electrons. The van der Waals surface area contributed by atoms with Crippen LogP contribution >= 0.6 is 11.3 Å². The van der Waals surface area contributed by atoms with Gasteiger partial charge in [0, 0.05) is 22.7 Å². The lowest BCUT2D eigenvalue weighted by atomic mass is 10.1. The largest absolute Gasteiger partial charge is 0.298 e. The van der Waals surface area contributed by atoms with Gasteiger partial charge in [0.25, 0.3) is 5.91 Å². The van der Waals surface area contributed by atoms with Crippen molar-refractivity contribution >= 4 is 33.4 Å². The number of nitrogens with zero attached hydrogens (tertiary/aromatic N) is 5. The van der Waals surface area contributed by atoms with Crippen LogP contribution in [0.2, 0.25) is 0 Å². The first-order chi connectivity index (χ1) is 15.7. The van der Waals surface area contributed by atoms with E-state index in [0.29, 0.717) is 28.1 Å². The van der Waals surface area contributed by atoms with Crippen LogP contribution in [0.15, 0.2) is 30.5 Å². The summed E-state index contributed by atoms with van der Waals surface area (Å²) in [5, 5.41) is 9.24. The average molecular weight is 445 g/mol. The van der Waals surface area contributed by atoms with E-state index < -0.39 is 0 Å². The van der Waals surface area contributed by atoms with Gasteiger partial charge in [-0.15, -0.1) is 11.3 Å². The van der Waals surface area contributed by atoms with Crippen LogP contribution in [0.1, 0.15) is 70.3 Å². The molecule has 0 bridgehead atoms. The van der Waals surface area contributed by atoms with E-state index >= 15 is 0 Å². The molecule has 1 amide bonds. The number of pyridine rings is 2. The molecule has 1 N–H and O–H groups in total. The Morgan fingerprint density at radius 1 is 1.16 bits per heavy atom. The summed E-state index contributed by atoms with van der Waals surface area (Å²) in [6.45, 7) is 1.92. The van der Waals surface area contributed by atoms with Gasteiger partial charge in [0.15, 0.2) is 16.6 Å². The number of aromatic nitrogens is 5. The highest BCUT2D eigenvalue weighted by molar-refractivity contribution is 7.15. The summed E-state index contributed by atoms with van der Waals surface area (Å²) in [6, 6.07) is 7.65. The molecule has 2 aliphatic rings. The maximum atomic E-state index is 13.5. The molecular formula is C24H24N6OS. The van der Waals surface area contributed by atoms with Crippen molar-refractivity contribution < 1.29 is 4.79 Å². The molecule has 7 nitrogen and oxygen atoms in total. The molecule has 0 unspecified atom stereocenters. The Balaban J connectivity index is 1.43. The fourth-order valence-electron chi connectivity index (χ4n) is 4.46. The number of anilines is 1. The summed E-state index contributed by atoms with van der Waals surface area (Å²) >= 11 is 1.62. The molecule has 6 rings (SSSR count). The SMILES string of the molecule is Cc1nn(-c2ccccn2)c2nc(C3CC3)cc(C(=O)Nc3nc4c(s3)CCCCC4)c12. The van der Waals surface area contributed by atoms with Crippen LogP contribution in [0.3, 0.4) is 0 Å². The van der Waals surface area contributed by atoms with Gasteiger partial charge in [0.1, 0.15) is 0 Å². The van der Waals surface area contributed by atoms with Crippen LogP contribution in [0.25, 0.3) is 16.9 Å². The standard InChI is InChI=1S/C24H24N6OS/c1-14-21-16(23(31)28-24-27-17-7-3-2-4-8-19(17)32-24)13-18(15-10-11-15)26-22(21)30(29-14)20-9-5-6-12-25-20/h5-6,9,12-13,15H,2-4,7-8,10-11H2,1H3,(H,27,28,31). The third kappa shape index (κ3) is 3.48. The Morgan fingerprint density at radius 2 is 2.03 bits per heavy atom. The van der Waals surface area contributed by atoms with Crippen molar-refractivity contribution in [3.8, 4) is 5.82 Å². The van der Waals surface area contributed by atoms with Crippen LogP contribution in [0.4, 0.5) is 5.13 Å². The molecule has 4 heterocycles. The summed E-state index contributed by atoms with van der Waals surface area (Å²) in [5.41, 5.74) is 4.17. The van der Waals surface area contributed by atoms with Gasteiger partial charge in [-0.2, -0.15) is 9.78 Å². The fourth-order valence-corrected chi connectivity index (χ4v) is 5.51. The zero-order valence-corrected chi connectivity index (χ0v) is 18.8. The molecule has 0 saturated heterocycles. The average Bonchev–Trinajstić information content (AvgIpc) is 3.56.